The topological polar surface area (TPSA) is 47.0 Å². The average molecular weight is 265 g/mol. The van der Waals surface area contributed by atoms with E-state index in [-0.39, 0.29) is 11.6 Å². The van der Waals surface area contributed by atoms with Gasteiger partial charge in [0.2, 0.25) is 5.88 Å². The third kappa shape index (κ3) is 7.11. The standard InChI is InChI=1S/C15H27N3O/c1-11(2)9-12(3)19-14-8-7-13(17-18-14)10-16-15(4,5)6/h7-8,11-12,16H,9-10H2,1-6H3. The van der Waals surface area contributed by atoms with E-state index < -0.39 is 0 Å². The molecule has 108 valence electrons. The summed E-state index contributed by atoms with van der Waals surface area (Å²) in [6, 6.07) is 3.85. The molecular weight excluding hydrogens is 238 g/mol. The lowest BCUT2D eigenvalue weighted by atomic mass is 10.1. The van der Waals surface area contributed by atoms with Gasteiger partial charge in [-0.15, -0.1) is 5.10 Å². The van der Waals surface area contributed by atoms with E-state index in [0.29, 0.717) is 11.8 Å². The zero-order valence-electron chi connectivity index (χ0n) is 13.0. The summed E-state index contributed by atoms with van der Waals surface area (Å²) in [7, 11) is 0. The Kier molecular flexibility index (Phi) is 5.73. The molecule has 1 N–H and O–H groups in total. The van der Waals surface area contributed by atoms with Gasteiger partial charge in [-0.2, -0.15) is 5.10 Å². The van der Waals surface area contributed by atoms with Crippen molar-refractivity contribution in [2.75, 3.05) is 0 Å². The molecule has 1 aromatic rings. The molecule has 0 saturated carbocycles. The monoisotopic (exact) mass is 265 g/mol. The van der Waals surface area contributed by atoms with Gasteiger partial charge in [0.1, 0.15) is 0 Å². The smallest absolute Gasteiger partial charge is 0.233 e. The second kappa shape index (κ2) is 6.85. The number of nitrogens with zero attached hydrogens (tertiary/aromatic N) is 2. The largest absolute Gasteiger partial charge is 0.474 e. The van der Waals surface area contributed by atoms with Gasteiger partial charge in [-0.25, -0.2) is 0 Å². The Labute approximate surface area is 117 Å². The molecule has 1 heterocycles. The zero-order valence-corrected chi connectivity index (χ0v) is 13.0. The van der Waals surface area contributed by atoms with Crippen molar-refractivity contribution in [2.45, 2.75) is 66.2 Å². The molecule has 0 amide bonds. The zero-order chi connectivity index (χ0) is 14.5. The van der Waals surface area contributed by atoms with Crippen molar-refractivity contribution in [1.82, 2.24) is 15.5 Å². The van der Waals surface area contributed by atoms with Gasteiger partial charge in [0.05, 0.1) is 11.8 Å². The fraction of sp³-hybridized carbons (Fsp3) is 0.733. The molecule has 0 aliphatic rings. The quantitative estimate of drug-likeness (QED) is 0.858. The van der Waals surface area contributed by atoms with Crippen LogP contribution in [-0.2, 0) is 6.54 Å². The first-order valence-electron chi connectivity index (χ1n) is 7.00. The molecule has 0 aliphatic carbocycles. The summed E-state index contributed by atoms with van der Waals surface area (Å²) in [5.41, 5.74) is 1.02. The molecule has 1 rings (SSSR count). The highest BCUT2D eigenvalue weighted by Crippen LogP contribution is 2.13. The molecule has 1 atom stereocenters. The molecule has 0 saturated heterocycles. The van der Waals surface area contributed by atoms with Crippen LogP contribution < -0.4 is 10.1 Å². The van der Waals surface area contributed by atoms with Crippen LogP contribution in [0.25, 0.3) is 0 Å². The fourth-order valence-electron chi connectivity index (χ4n) is 1.78. The number of rotatable bonds is 6. The van der Waals surface area contributed by atoms with Crippen LogP contribution in [0.5, 0.6) is 5.88 Å². The van der Waals surface area contributed by atoms with Gasteiger partial charge < -0.3 is 10.1 Å². The predicted octanol–water partition coefficient (Wildman–Crippen LogP) is 3.18. The Hall–Kier alpha value is -1.16. The molecule has 1 aromatic heterocycles. The van der Waals surface area contributed by atoms with Crippen LogP contribution in [0.15, 0.2) is 12.1 Å². The molecule has 1 unspecified atom stereocenters. The number of hydrogen-bond acceptors (Lipinski definition) is 4. The van der Waals surface area contributed by atoms with Crippen LogP contribution in [0, 0.1) is 5.92 Å². The Balaban J connectivity index is 2.47. The summed E-state index contributed by atoms with van der Waals surface area (Å²) < 4.78 is 5.73. The first kappa shape index (κ1) is 15.9. The minimum Gasteiger partial charge on any atom is -0.474 e. The highest BCUT2D eigenvalue weighted by atomic mass is 16.5. The van der Waals surface area contributed by atoms with Crippen molar-refractivity contribution < 1.29 is 4.74 Å². The second-order valence-corrected chi connectivity index (χ2v) is 6.52. The summed E-state index contributed by atoms with van der Waals surface area (Å²) in [6.07, 6.45) is 1.20. The maximum atomic E-state index is 5.73. The van der Waals surface area contributed by atoms with Gasteiger partial charge in [-0.3, -0.25) is 0 Å². The summed E-state index contributed by atoms with van der Waals surface area (Å²) in [5, 5.41) is 11.7. The first-order chi connectivity index (χ1) is 8.76. The third-order valence-electron chi connectivity index (χ3n) is 2.62. The maximum absolute atomic E-state index is 5.73. The number of ether oxygens (including phenoxy) is 1. The second-order valence-electron chi connectivity index (χ2n) is 6.52. The van der Waals surface area contributed by atoms with Crippen molar-refractivity contribution >= 4 is 0 Å². The summed E-state index contributed by atoms with van der Waals surface area (Å²) in [4.78, 5) is 0. The van der Waals surface area contributed by atoms with Crippen molar-refractivity contribution in [3.05, 3.63) is 17.8 Å². The molecule has 0 bridgehead atoms. The number of nitrogens with one attached hydrogen (secondary N) is 1. The first-order valence-corrected chi connectivity index (χ1v) is 7.00. The van der Waals surface area contributed by atoms with Gasteiger partial charge in [0.15, 0.2) is 0 Å². The van der Waals surface area contributed by atoms with Crippen LogP contribution in [0.1, 0.15) is 53.7 Å². The summed E-state index contributed by atoms with van der Waals surface area (Å²) in [5.74, 6) is 1.23. The molecule has 0 spiro atoms. The van der Waals surface area contributed by atoms with Crippen LogP contribution >= 0.6 is 0 Å². The third-order valence-corrected chi connectivity index (χ3v) is 2.62. The highest BCUT2D eigenvalue weighted by Gasteiger charge is 2.10. The maximum Gasteiger partial charge on any atom is 0.233 e. The van der Waals surface area contributed by atoms with Gasteiger partial charge in [0.25, 0.3) is 0 Å². The van der Waals surface area contributed by atoms with Gasteiger partial charge in [0, 0.05) is 18.2 Å². The Morgan fingerprint density at radius 1 is 1.16 bits per heavy atom. The van der Waals surface area contributed by atoms with Crippen LogP contribution in [0.3, 0.4) is 0 Å². The molecule has 4 heteroatoms. The van der Waals surface area contributed by atoms with Crippen molar-refractivity contribution in [1.29, 1.82) is 0 Å². The molecule has 0 radical (unpaired) electrons. The van der Waals surface area contributed by atoms with Crippen LogP contribution in [0.4, 0.5) is 0 Å². The normalized spacial score (nSPS) is 13.6. The van der Waals surface area contributed by atoms with E-state index in [0.717, 1.165) is 18.7 Å². The highest BCUT2D eigenvalue weighted by molar-refractivity contribution is 5.11. The van der Waals surface area contributed by atoms with Crippen molar-refractivity contribution in [3.63, 3.8) is 0 Å². The Morgan fingerprint density at radius 2 is 1.84 bits per heavy atom. The van der Waals surface area contributed by atoms with E-state index in [4.69, 9.17) is 4.74 Å². The van der Waals surface area contributed by atoms with Gasteiger partial charge in [-0.05, 0) is 46.1 Å². The molecular formula is C15H27N3O. The SMILES string of the molecule is CC(C)CC(C)Oc1ccc(CNC(C)(C)C)nn1. The van der Waals surface area contributed by atoms with Crippen molar-refractivity contribution in [2.24, 2.45) is 5.92 Å². The van der Waals surface area contributed by atoms with E-state index >= 15 is 0 Å². The van der Waals surface area contributed by atoms with Crippen LogP contribution in [0.2, 0.25) is 0 Å². The Morgan fingerprint density at radius 3 is 2.32 bits per heavy atom. The molecule has 19 heavy (non-hydrogen) atoms. The summed E-state index contributed by atoms with van der Waals surface area (Å²) in [6.45, 7) is 13.6. The molecule has 0 aromatic carbocycles. The predicted molar refractivity (Wildman–Crippen MR) is 78.2 cm³/mol. The van der Waals surface area contributed by atoms with Gasteiger partial charge in [-0.1, -0.05) is 13.8 Å². The van der Waals surface area contributed by atoms with E-state index in [2.05, 4.69) is 57.1 Å². The number of hydrogen-bond donors (Lipinski definition) is 1. The Bertz CT molecular complexity index is 368. The molecule has 0 fully saturated rings. The lowest BCUT2D eigenvalue weighted by Gasteiger charge is -2.20. The lowest BCUT2D eigenvalue weighted by molar-refractivity contribution is 0.183. The van der Waals surface area contributed by atoms with E-state index in [1.54, 1.807) is 0 Å². The molecule has 4 nitrogen and oxygen atoms in total. The minimum atomic E-state index is 0.0859. The molecule has 0 aliphatic heterocycles. The summed E-state index contributed by atoms with van der Waals surface area (Å²) >= 11 is 0. The van der Waals surface area contributed by atoms with E-state index in [9.17, 15) is 0 Å². The van der Waals surface area contributed by atoms with Crippen molar-refractivity contribution in [3.8, 4) is 5.88 Å². The van der Waals surface area contributed by atoms with E-state index in [1.165, 1.54) is 0 Å². The van der Waals surface area contributed by atoms with Gasteiger partial charge >= 0.3 is 0 Å². The minimum absolute atomic E-state index is 0.0859. The average Bonchev–Trinajstić information content (AvgIpc) is 2.26. The van der Waals surface area contributed by atoms with E-state index in [1.807, 2.05) is 12.1 Å². The fourth-order valence-corrected chi connectivity index (χ4v) is 1.78. The van der Waals surface area contributed by atoms with Crippen LogP contribution in [-0.4, -0.2) is 21.8 Å². The number of aromatic nitrogens is 2. The lowest BCUT2D eigenvalue weighted by Crippen LogP contribution is -2.35.